The van der Waals surface area contributed by atoms with Crippen LogP contribution in [-0.2, 0) is 6.61 Å². The Hall–Kier alpha value is 1.18. The Bertz CT molecular complexity index is 153. The summed E-state index contributed by atoms with van der Waals surface area (Å²) in [5, 5.41) is 8.54. The second kappa shape index (κ2) is 8.28. The van der Waals surface area contributed by atoms with Crippen LogP contribution in [-0.4, -0.2) is 64.2 Å². The van der Waals surface area contributed by atoms with E-state index in [-0.39, 0.29) is 65.7 Å². The van der Waals surface area contributed by atoms with E-state index in [1.807, 2.05) is 30.3 Å². The van der Waals surface area contributed by atoms with Crippen molar-refractivity contribution < 1.29 is 5.11 Å². The van der Waals surface area contributed by atoms with Gasteiger partial charge in [0.2, 0.25) is 0 Å². The summed E-state index contributed by atoms with van der Waals surface area (Å²) in [6, 6.07) is 9.52. The predicted molar refractivity (Wildman–Crippen MR) is 43.9 cm³/mol. The molecule has 0 aliphatic rings. The molecule has 1 aromatic carbocycles. The summed E-state index contributed by atoms with van der Waals surface area (Å²) in [6.07, 6.45) is 0. The molecule has 0 atom stereocenters. The number of benzene rings is 1. The third kappa shape index (κ3) is 4.91. The van der Waals surface area contributed by atoms with Gasteiger partial charge in [0.05, 0.1) is 6.61 Å². The fourth-order valence-electron chi connectivity index (χ4n) is 0.583. The maximum atomic E-state index is 8.54. The molecule has 2 radical (unpaired) electrons. The van der Waals surface area contributed by atoms with E-state index in [9.17, 15) is 0 Å². The largest absolute Gasteiger partial charge is 0.392 e. The van der Waals surface area contributed by atoms with E-state index >= 15 is 0 Å². The molecule has 10 heavy (non-hydrogen) atoms. The van der Waals surface area contributed by atoms with Crippen molar-refractivity contribution in [1.82, 2.24) is 0 Å². The van der Waals surface area contributed by atoms with Crippen molar-refractivity contribution in [2.45, 2.75) is 6.61 Å². The summed E-state index contributed by atoms with van der Waals surface area (Å²) in [7, 11) is 0. The number of aliphatic hydroxyl groups is 1. The van der Waals surface area contributed by atoms with Crippen LogP contribution in [0.25, 0.3) is 0 Å². The van der Waals surface area contributed by atoms with Gasteiger partial charge >= 0.3 is 0 Å². The van der Waals surface area contributed by atoms with Crippen molar-refractivity contribution in [2.75, 3.05) is 0 Å². The monoisotopic (exact) mass is 154 g/mol. The van der Waals surface area contributed by atoms with Gasteiger partial charge in [0, 0.05) is 59.1 Å². The van der Waals surface area contributed by atoms with Gasteiger partial charge in [-0.2, -0.15) is 0 Å². The summed E-state index contributed by atoms with van der Waals surface area (Å²) in [5.74, 6) is 0. The van der Waals surface area contributed by atoms with E-state index in [0.29, 0.717) is 0 Å². The molecule has 1 nitrogen and oxygen atoms in total. The fraction of sp³-hybridized carbons (Fsp3) is 0.143. The molecule has 44 valence electrons. The topological polar surface area (TPSA) is 20.2 Å². The van der Waals surface area contributed by atoms with Crippen LogP contribution >= 0.6 is 0 Å². The Balaban J connectivity index is 0. The first-order valence-electron chi connectivity index (χ1n) is 2.58. The van der Waals surface area contributed by atoms with Crippen molar-refractivity contribution in [3.05, 3.63) is 35.9 Å². The molecule has 0 amide bonds. The van der Waals surface area contributed by atoms with Crippen LogP contribution in [0.1, 0.15) is 5.56 Å². The van der Waals surface area contributed by atoms with Gasteiger partial charge in [0.15, 0.2) is 0 Å². The zero-order valence-corrected chi connectivity index (χ0v) is 10.5. The average Bonchev–Trinajstić information content (AvgIpc) is 1.90. The number of rotatable bonds is 1. The Morgan fingerprint density at radius 1 is 1.00 bits per heavy atom. The second-order valence-corrected chi connectivity index (χ2v) is 1.64. The van der Waals surface area contributed by atoms with Crippen molar-refractivity contribution in [3.63, 3.8) is 0 Å². The fourth-order valence-corrected chi connectivity index (χ4v) is 0.583. The van der Waals surface area contributed by atoms with Gasteiger partial charge in [0.25, 0.3) is 0 Å². The normalized spacial score (nSPS) is 7.30. The molecule has 1 aromatic rings. The maximum absolute atomic E-state index is 8.54. The van der Waals surface area contributed by atoms with Crippen molar-refractivity contribution >= 4 is 59.1 Å². The summed E-state index contributed by atoms with van der Waals surface area (Å²) in [4.78, 5) is 0. The molecule has 0 bridgehead atoms. The van der Waals surface area contributed by atoms with E-state index in [0.717, 1.165) is 5.56 Å². The molecule has 1 N–H and O–H groups in total. The molecule has 0 saturated carbocycles. The number of hydrogen-bond donors (Lipinski definition) is 1. The SMILES string of the molecule is OCc1ccccc1.[Na].[Na]. The van der Waals surface area contributed by atoms with Gasteiger partial charge < -0.3 is 5.11 Å². The first-order valence-corrected chi connectivity index (χ1v) is 2.58. The third-order valence-electron chi connectivity index (χ3n) is 1.03. The molecule has 3 heteroatoms. The van der Waals surface area contributed by atoms with E-state index in [1.54, 1.807) is 0 Å². The van der Waals surface area contributed by atoms with Gasteiger partial charge in [-0.3, -0.25) is 0 Å². The Kier molecular flexibility index (Phi) is 11.4. The second-order valence-electron chi connectivity index (χ2n) is 1.64. The van der Waals surface area contributed by atoms with Crippen molar-refractivity contribution in [2.24, 2.45) is 0 Å². The van der Waals surface area contributed by atoms with Crippen LogP contribution < -0.4 is 0 Å². The molecule has 0 spiro atoms. The van der Waals surface area contributed by atoms with Crippen LogP contribution in [0.3, 0.4) is 0 Å². The maximum Gasteiger partial charge on any atom is 0.0681 e. The molecule has 0 heterocycles. The Labute approximate surface area is 105 Å². The minimum absolute atomic E-state index is 0. The van der Waals surface area contributed by atoms with Crippen LogP contribution in [0.2, 0.25) is 0 Å². The summed E-state index contributed by atoms with van der Waals surface area (Å²) < 4.78 is 0. The summed E-state index contributed by atoms with van der Waals surface area (Å²) in [5.41, 5.74) is 0.965. The van der Waals surface area contributed by atoms with Crippen molar-refractivity contribution in [1.29, 1.82) is 0 Å². The molecule has 0 fully saturated rings. The molecular formula is C7H8Na2O. The molecule has 0 saturated heterocycles. The van der Waals surface area contributed by atoms with Crippen LogP contribution in [0.4, 0.5) is 0 Å². The number of aliphatic hydroxyl groups excluding tert-OH is 1. The van der Waals surface area contributed by atoms with E-state index in [2.05, 4.69) is 0 Å². The quantitative estimate of drug-likeness (QED) is 0.581. The van der Waals surface area contributed by atoms with Gasteiger partial charge in [-0.1, -0.05) is 30.3 Å². The van der Waals surface area contributed by atoms with E-state index < -0.39 is 0 Å². The van der Waals surface area contributed by atoms with Gasteiger partial charge in [-0.15, -0.1) is 0 Å². The molecule has 0 aromatic heterocycles. The summed E-state index contributed by atoms with van der Waals surface area (Å²) >= 11 is 0. The van der Waals surface area contributed by atoms with Crippen molar-refractivity contribution in [3.8, 4) is 0 Å². The van der Waals surface area contributed by atoms with Gasteiger partial charge in [-0.25, -0.2) is 0 Å². The standard InChI is InChI=1S/C7H8O.2Na/c8-6-7-4-2-1-3-5-7;;/h1-5,8H,6H2;;. The predicted octanol–water partition coefficient (Wildman–Crippen LogP) is 0.417. The molecule has 0 aliphatic heterocycles. The van der Waals surface area contributed by atoms with Gasteiger partial charge in [0.1, 0.15) is 0 Å². The number of hydrogen-bond acceptors (Lipinski definition) is 1. The van der Waals surface area contributed by atoms with Gasteiger partial charge in [-0.05, 0) is 5.56 Å². The first kappa shape index (κ1) is 13.7. The molecule has 0 unspecified atom stereocenters. The van der Waals surface area contributed by atoms with E-state index in [4.69, 9.17) is 5.11 Å². The smallest absolute Gasteiger partial charge is 0.0681 e. The van der Waals surface area contributed by atoms with Crippen LogP contribution in [0.5, 0.6) is 0 Å². The molecule has 0 aliphatic carbocycles. The zero-order valence-electron chi connectivity index (χ0n) is 6.54. The minimum atomic E-state index is 0. The molecule has 1 rings (SSSR count). The first-order chi connectivity index (χ1) is 3.93. The van der Waals surface area contributed by atoms with Crippen LogP contribution in [0.15, 0.2) is 30.3 Å². The average molecular weight is 154 g/mol. The minimum Gasteiger partial charge on any atom is -0.392 e. The Morgan fingerprint density at radius 3 is 1.80 bits per heavy atom. The van der Waals surface area contributed by atoms with Crippen LogP contribution in [0, 0.1) is 0 Å². The zero-order chi connectivity index (χ0) is 5.82. The Morgan fingerprint density at radius 2 is 1.50 bits per heavy atom. The molecular weight excluding hydrogens is 146 g/mol. The third-order valence-corrected chi connectivity index (χ3v) is 1.03. The van der Waals surface area contributed by atoms with E-state index in [1.165, 1.54) is 0 Å². The summed E-state index contributed by atoms with van der Waals surface area (Å²) in [6.45, 7) is 0.140.